The maximum absolute atomic E-state index is 12.9. The fourth-order valence-electron chi connectivity index (χ4n) is 3.87. The molecular weight excluding hydrogens is 322 g/mol. The Morgan fingerprint density at radius 3 is 3.08 bits per heavy atom. The van der Waals surface area contributed by atoms with Gasteiger partial charge in [0.25, 0.3) is 5.91 Å². The molecule has 0 aliphatic carbocycles. The first kappa shape index (κ1) is 18.4. The highest BCUT2D eigenvalue weighted by Gasteiger charge is 2.47. The van der Waals surface area contributed by atoms with Gasteiger partial charge in [-0.2, -0.15) is 0 Å². The third-order valence-corrected chi connectivity index (χ3v) is 5.33. The number of hydrogen-bond donors (Lipinski definition) is 0. The Kier molecular flexibility index (Phi) is 5.76. The molecule has 0 spiro atoms. The second-order valence-corrected chi connectivity index (χ2v) is 7.49. The maximum Gasteiger partial charge on any atom is 0.259 e. The van der Waals surface area contributed by atoms with Crippen LogP contribution in [0.3, 0.4) is 0 Å². The van der Waals surface area contributed by atoms with E-state index in [1.807, 2.05) is 19.0 Å². The molecule has 0 radical (unpaired) electrons. The van der Waals surface area contributed by atoms with E-state index >= 15 is 0 Å². The molecule has 2 atom stereocenters. The van der Waals surface area contributed by atoms with Crippen LogP contribution in [0.2, 0.25) is 0 Å². The van der Waals surface area contributed by atoms with Crippen molar-refractivity contribution in [3.05, 3.63) is 17.5 Å². The van der Waals surface area contributed by atoms with Gasteiger partial charge in [-0.3, -0.25) is 4.79 Å². The van der Waals surface area contributed by atoms with E-state index in [2.05, 4.69) is 10.1 Å². The van der Waals surface area contributed by atoms with E-state index in [0.717, 1.165) is 32.4 Å². The molecule has 2 fully saturated rings. The lowest BCUT2D eigenvalue weighted by Gasteiger charge is -2.50. The van der Waals surface area contributed by atoms with Crippen LogP contribution in [0.25, 0.3) is 0 Å². The minimum absolute atomic E-state index is 0.00422. The van der Waals surface area contributed by atoms with Gasteiger partial charge in [-0.05, 0) is 40.3 Å². The van der Waals surface area contributed by atoms with Crippen LogP contribution in [0.1, 0.15) is 35.4 Å². The Hall–Kier alpha value is -1.44. The number of aryl methyl sites for hydroxylation is 1. The predicted molar refractivity (Wildman–Crippen MR) is 92.5 cm³/mol. The average molecular weight is 351 g/mol. The molecule has 0 saturated carbocycles. The highest BCUT2D eigenvalue weighted by atomic mass is 16.5. The molecular formula is C18H29N3O4. The number of ether oxygens (including phenoxy) is 2. The molecule has 1 aromatic rings. The van der Waals surface area contributed by atoms with E-state index in [-0.39, 0.29) is 17.4 Å². The average Bonchev–Trinajstić information content (AvgIpc) is 3.03. The van der Waals surface area contributed by atoms with Gasteiger partial charge >= 0.3 is 0 Å². The van der Waals surface area contributed by atoms with Crippen molar-refractivity contribution in [2.45, 2.75) is 32.3 Å². The predicted octanol–water partition coefficient (Wildman–Crippen LogP) is 1.57. The van der Waals surface area contributed by atoms with Crippen molar-refractivity contribution in [1.82, 2.24) is 15.0 Å². The summed E-state index contributed by atoms with van der Waals surface area (Å²) < 4.78 is 17.1. The third kappa shape index (κ3) is 4.04. The van der Waals surface area contributed by atoms with E-state index in [4.69, 9.17) is 14.0 Å². The van der Waals surface area contributed by atoms with Gasteiger partial charge in [0, 0.05) is 31.7 Å². The highest BCUT2D eigenvalue weighted by Crippen LogP contribution is 2.40. The molecule has 0 bridgehead atoms. The van der Waals surface area contributed by atoms with Crippen molar-refractivity contribution in [2.24, 2.45) is 5.41 Å². The van der Waals surface area contributed by atoms with Gasteiger partial charge < -0.3 is 23.8 Å². The lowest BCUT2D eigenvalue weighted by Crippen LogP contribution is -2.58. The third-order valence-electron chi connectivity index (χ3n) is 5.33. The second-order valence-electron chi connectivity index (χ2n) is 7.49. The number of amides is 1. The Bertz CT molecular complexity index is 589. The van der Waals surface area contributed by atoms with Gasteiger partial charge in [0.15, 0.2) is 0 Å². The summed E-state index contributed by atoms with van der Waals surface area (Å²) in [6, 6.07) is 0. The van der Waals surface area contributed by atoms with E-state index in [9.17, 15) is 4.79 Å². The number of likely N-dealkylation sites (tertiary alicyclic amines) is 1. The van der Waals surface area contributed by atoms with Gasteiger partial charge in [0.05, 0.1) is 25.5 Å². The fraction of sp³-hybridized carbons (Fsp3) is 0.778. The first-order valence-electron chi connectivity index (χ1n) is 9.06. The fourth-order valence-corrected chi connectivity index (χ4v) is 3.87. The molecule has 2 aliphatic heterocycles. The van der Waals surface area contributed by atoms with Gasteiger partial charge in [0.1, 0.15) is 11.3 Å². The van der Waals surface area contributed by atoms with Crippen LogP contribution < -0.4 is 0 Å². The number of carbonyl (C=O) groups is 1. The second kappa shape index (κ2) is 7.85. The number of carbonyl (C=O) groups excluding carboxylic acids is 1. The summed E-state index contributed by atoms with van der Waals surface area (Å²) in [4.78, 5) is 16.9. The lowest BCUT2D eigenvalue weighted by atomic mass is 9.73. The van der Waals surface area contributed by atoms with Crippen LogP contribution in [0.15, 0.2) is 10.7 Å². The smallest absolute Gasteiger partial charge is 0.259 e. The molecule has 0 N–H and O–H groups in total. The Labute approximate surface area is 149 Å². The molecule has 1 aromatic heterocycles. The summed E-state index contributed by atoms with van der Waals surface area (Å²) in [6.07, 6.45) is 4.59. The normalized spacial score (nSPS) is 26.7. The summed E-state index contributed by atoms with van der Waals surface area (Å²) in [6.45, 7) is 6.18. The topological polar surface area (TPSA) is 68.0 Å². The summed E-state index contributed by atoms with van der Waals surface area (Å²) in [7, 11) is 4.08. The van der Waals surface area contributed by atoms with Gasteiger partial charge in [-0.25, -0.2) is 0 Å². The summed E-state index contributed by atoms with van der Waals surface area (Å²) >= 11 is 0. The van der Waals surface area contributed by atoms with Crippen LogP contribution >= 0.6 is 0 Å². The largest absolute Gasteiger partial charge is 0.379 e. The van der Waals surface area contributed by atoms with Gasteiger partial charge in [-0.1, -0.05) is 5.16 Å². The van der Waals surface area contributed by atoms with E-state index in [1.54, 1.807) is 6.92 Å². The number of hydrogen-bond acceptors (Lipinski definition) is 6. The van der Waals surface area contributed by atoms with Crippen molar-refractivity contribution in [3.8, 4) is 0 Å². The van der Waals surface area contributed by atoms with Crippen LogP contribution in [0.4, 0.5) is 0 Å². The molecule has 25 heavy (non-hydrogen) atoms. The highest BCUT2D eigenvalue weighted by molar-refractivity contribution is 5.94. The van der Waals surface area contributed by atoms with Crippen molar-refractivity contribution in [1.29, 1.82) is 0 Å². The van der Waals surface area contributed by atoms with Gasteiger partial charge in [0.2, 0.25) is 0 Å². The van der Waals surface area contributed by atoms with Crippen molar-refractivity contribution >= 4 is 5.91 Å². The Morgan fingerprint density at radius 2 is 2.36 bits per heavy atom. The first-order valence-corrected chi connectivity index (χ1v) is 9.06. The number of likely N-dealkylation sites (N-methyl/N-ethyl adjacent to an activating group) is 1. The molecule has 0 aromatic carbocycles. The number of nitrogens with zero attached hydrogens (tertiary/aromatic N) is 3. The molecule has 7 nitrogen and oxygen atoms in total. The van der Waals surface area contributed by atoms with E-state index in [1.165, 1.54) is 6.20 Å². The summed E-state index contributed by atoms with van der Waals surface area (Å²) in [5, 5.41) is 3.74. The van der Waals surface area contributed by atoms with E-state index in [0.29, 0.717) is 37.6 Å². The monoisotopic (exact) mass is 351 g/mol. The quantitative estimate of drug-likeness (QED) is 0.725. The van der Waals surface area contributed by atoms with Gasteiger partial charge in [-0.15, -0.1) is 0 Å². The van der Waals surface area contributed by atoms with Crippen molar-refractivity contribution in [3.63, 3.8) is 0 Å². The number of fused-ring (bicyclic) bond motifs is 1. The zero-order valence-corrected chi connectivity index (χ0v) is 15.5. The summed E-state index contributed by atoms with van der Waals surface area (Å²) in [5.41, 5.74) is 0.447. The lowest BCUT2D eigenvalue weighted by molar-refractivity contribution is -0.147. The Balaban J connectivity index is 1.68. The van der Waals surface area contributed by atoms with Crippen molar-refractivity contribution in [2.75, 3.05) is 53.6 Å². The Morgan fingerprint density at radius 1 is 1.52 bits per heavy atom. The minimum Gasteiger partial charge on any atom is -0.379 e. The van der Waals surface area contributed by atoms with Crippen LogP contribution in [0, 0.1) is 12.3 Å². The zero-order chi connectivity index (χ0) is 17.9. The molecule has 0 unspecified atom stereocenters. The SMILES string of the molecule is Cc1oncc1C(=O)N1CC[C@H]2OCCC[C@]2(COCCN(C)C)C1. The zero-order valence-electron chi connectivity index (χ0n) is 15.5. The molecule has 1 amide bonds. The first-order chi connectivity index (χ1) is 12.0. The standard InChI is InChI=1S/C18H29N3O4/c1-14-15(11-19-25-14)17(22)21-7-5-16-18(12-21,6-4-9-24-16)13-23-10-8-20(2)3/h11,16H,4-10,12-13H2,1-3H3/t16-,18-/m1/s1. The maximum atomic E-state index is 12.9. The van der Waals surface area contributed by atoms with Crippen LogP contribution in [-0.4, -0.2) is 80.5 Å². The van der Waals surface area contributed by atoms with Crippen molar-refractivity contribution < 1.29 is 18.8 Å². The van der Waals surface area contributed by atoms with Crippen LogP contribution in [-0.2, 0) is 9.47 Å². The van der Waals surface area contributed by atoms with E-state index < -0.39 is 0 Å². The molecule has 3 heterocycles. The number of rotatable bonds is 6. The molecule has 7 heteroatoms. The molecule has 2 aliphatic rings. The number of aromatic nitrogens is 1. The molecule has 3 rings (SSSR count). The molecule has 2 saturated heterocycles. The number of piperidine rings is 1. The minimum atomic E-state index is -0.108. The van der Waals surface area contributed by atoms with Crippen LogP contribution in [0.5, 0.6) is 0 Å². The molecule has 140 valence electrons. The summed E-state index contributed by atoms with van der Waals surface area (Å²) in [5.74, 6) is 0.568.